The van der Waals surface area contributed by atoms with Gasteiger partial charge in [0, 0.05) is 20.1 Å². The van der Waals surface area contributed by atoms with Crippen LogP contribution in [0, 0.1) is 0 Å². The Hall–Kier alpha value is -0.830. The van der Waals surface area contributed by atoms with Crippen LogP contribution in [-0.2, 0) is 15.3 Å². The number of aliphatic imine (C=N–C) groups is 1. The number of guanidine groups is 1. The van der Waals surface area contributed by atoms with Crippen molar-refractivity contribution in [3.8, 4) is 0 Å². The summed E-state index contributed by atoms with van der Waals surface area (Å²) in [5, 5.41) is 6.21. The summed E-state index contributed by atoms with van der Waals surface area (Å²) in [7, 11) is -1.62. The number of unbranched alkanes of at least 4 members (excludes halogenated alkanes) is 1. The molecule has 0 heterocycles. The minimum Gasteiger partial charge on any atom is -0.356 e. The van der Waals surface area contributed by atoms with Crippen molar-refractivity contribution in [1.82, 2.24) is 10.6 Å². The molecule has 1 rings (SSSR count). The number of nitrogens with one attached hydrogen (secondary N) is 2. The molecule has 25 heavy (non-hydrogen) atoms. The van der Waals surface area contributed by atoms with E-state index in [0.29, 0.717) is 17.4 Å². The number of benzene rings is 1. The standard InChI is InChI=1S/C18H31N3O2S.HI/c1-6-7-12-20-17(19-5)21-13-14-24(22,23)16-10-8-15(9-11-16)18(2,3)4;/h8-11H,6-7,12-14H2,1-5H3,(H2,19,20,21);1H. The van der Waals surface area contributed by atoms with Gasteiger partial charge in [0.05, 0.1) is 10.6 Å². The molecule has 0 saturated heterocycles. The Morgan fingerprint density at radius 2 is 1.64 bits per heavy atom. The quantitative estimate of drug-likeness (QED) is 0.271. The highest BCUT2D eigenvalue weighted by Gasteiger charge is 2.17. The van der Waals surface area contributed by atoms with E-state index in [0.717, 1.165) is 24.9 Å². The first-order valence-electron chi connectivity index (χ1n) is 8.48. The Labute approximate surface area is 170 Å². The normalized spacial score (nSPS) is 12.4. The van der Waals surface area contributed by atoms with Crippen LogP contribution >= 0.6 is 24.0 Å². The van der Waals surface area contributed by atoms with E-state index >= 15 is 0 Å². The highest BCUT2D eigenvalue weighted by atomic mass is 127. The topological polar surface area (TPSA) is 70.6 Å². The first-order valence-corrected chi connectivity index (χ1v) is 10.1. The van der Waals surface area contributed by atoms with Gasteiger partial charge in [-0.1, -0.05) is 46.2 Å². The first kappa shape index (κ1) is 24.2. The summed E-state index contributed by atoms with van der Waals surface area (Å²) in [5.41, 5.74) is 1.14. The molecule has 0 unspecified atom stereocenters. The monoisotopic (exact) mass is 481 g/mol. The molecule has 0 fully saturated rings. The molecule has 1 aromatic carbocycles. The minimum absolute atomic E-state index is 0. The van der Waals surface area contributed by atoms with Crippen molar-refractivity contribution in [3.63, 3.8) is 0 Å². The summed E-state index contributed by atoms with van der Waals surface area (Å²) >= 11 is 0. The van der Waals surface area contributed by atoms with Crippen molar-refractivity contribution >= 4 is 39.8 Å². The fraction of sp³-hybridized carbons (Fsp3) is 0.611. The number of halogens is 1. The Kier molecular flexibility index (Phi) is 10.6. The highest BCUT2D eigenvalue weighted by Crippen LogP contribution is 2.23. The van der Waals surface area contributed by atoms with Crippen LogP contribution in [0.2, 0.25) is 0 Å². The van der Waals surface area contributed by atoms with Gasteiger partial charge in [-0.3, -0.25) is 4.99 Å². The molecule has 144 valence electrons. The second-order valence-electron chi connectivity index (χ2n) is 6.87. The van der Waals surface area contributed by atoms with Crippen LogP contribution in [0.25, 0.3) is 0 Å². The summed E-state index contributed by atoms with van der Waals surface area (Å²) in [6.45, 7) is 9.61. The summed E-state index contributed by atoms with van der Waals surface area (Å²) < 4.78 is 24.8. The second-order valence-corrected chi connectivity index (χ2v) is 8.98. The lowest BCUT2D eigenvalue weighted by atomic mass is 9.87. The lowest BCUT2D eigenvalue weighted by Crippen LogP contribution is -2.39. The first-order chi connectivity index (χ1) is 11.2. The molecule has 0 atom stereocenters. The van der Waals surface area contributed by atoms with Crippen LogP contribution in [-0.4, -0.2) is 40.3 Å². The number of rotatable bonds is 7. The van der Waals surface area contributed by atoms with Crippen LogP contribution in [0.15, 0.2) is 34.2 Å². The van der Waals surface area contributed by atoms with Gasteiger partial charge >= 0.3 is 0 Å². The molecule has 0 radical (unpaired) electrons. The van der Waals surface area contributed by atoms with Crippen molar-refractivity contribution < 1.29 is 8.42 Å². The molecule has 0 aromatic heterocycles. The van der Waals surface area contributed by atoms with Crippen LogP contribution < -0.4 is 10.6 Å². The van der Waals surface area contributed by atoms with Gasteiger partial charge in [-0.2, -0.15) is 0 Å². The molecule has 0 spiro atoms. The van der Waals surface area contributed by atoms with E-state index in [9.17, 15) is 8.42 Å². The molecule has 0 aliphatic rings. The van der Waals surface area contributed by atoms with E-state index in [1.54, 1.807) is 19.2 Å². The van der Waals surface area contributed by atoms with Gasteiger partial charge in [-0.05, 0) is 29.5 Å². The molecule has 0 amide bonds. The maximum atomic E-state index is 12.4. The summed E-state index contributed by atoms with van der Waals surface area (Å²) in [6, 6.07) is 7.19. The van der Waals surface area contributed by atoms with E-state index in [1.807, 2.05) is 12.1 Å². The lowest BCUT2D eigenvalue weighted by Gasteiger charge is -2.19. The van der Waals surface area contributed by atoms with Gasteiger partial charge in [-0.25, -0.2) is 8.42 Å². The smallest absolute Gasteiger partial charge is 0.191 e. The summed E-state index contributed by atoms with van der Waals surface area (Å²) in [4.78, 5) is 4.46. The predicted molar refractivity (Wildman–Crippen MR) is 117 cm³/mol. The Morgan fingerprint density at radius 1 is 1.08 bits per heavy atom. The fourth-order valence-electron chi connectivity index (χ4n) is 2.19. The Bertz CT molecular complexity index is 635. The summed E-state index contributed by atoms with van der Waals surface area (Å²) in [6.07, 6.45) is 2.15. The molecular formula is C18H32IN3O2S. The number of nitrogens with zero attached hydrogens (tertiary/aromatic N) is 1. The molecule has 0 aliphatic carbocycles. The largest absolute Gasteiger partial charge is 0.356 e. The maximum Gasteiger partial charge on any atom is 0.191 e. The number of hydrogen-bond donors (Lipinski definition) is 2. The van der Waals surface area contributed by atoms with Gasteiger partial charge in [-0.15, -0.1) is 24.0 Å². The van der Waals surface area contributed by atoms with E-state index in [4.69, 9.17) is 0 Å². The average molecular weight is 481 g/mol. The molecule has 1 aromatic rings. The predicted octanol–water partition coefficient (Wildman–Crippen LogP) is 3.34. The Balaban J connectivity index is 0.00000576. The molecular weight excluding hydrogens is 449 g/mol. The molecule has 7 heteroatoms. The summed E-state index contributed by atoms with van der Waals surface area (Å²) in [5.74, 6) is 0.679. The van der Waals surface area contributed by atoms with Gasteiger partial charge in [0.1, 0.15) is 0 Å². The zero-order valence-electron chi connectivity index (χ0n) is 15.9. The van der Waals surface area contributed by atoms with E-state index in [2.05, 4.69) is 43.3 Å². The lowest BCUT2D eigenvalue weighted by molar-refractivity contribution is 0.586. The van der Waals surface area contributed by atoms with Gasteiger partial charge in [0.25, 0.3) is 0 Å². The fourth-order valence-corrected chi connectivity index (χ4v) is 3.35. The van der Waals surface area contributed by atoms with Crippen molar-refractivity contribution in [2.75, 3.05) is 25.9 Å². The average Bonchev–Trinajstić information content (AvgIpc) is 2.52. The van der Waals surface area contributed by atoms with Crippen LogP contribution in [0.5, 0.6) is 0 Å². The van der Waals surface area contributed by atoms with E-state index in [-0.39, 0.29) is 35.1 Å². The molecule has 0 saturated carbocycles. The maximum absolute atomic E-state index is 12.4. The van der Waals surface area contributed by atoms with Gasteiger partial charge < -0.3 is 10.6 Å². The molecule has 2 N–H and O–H groups in total. The molecule has 0 aliphatic heterocycles. The third kappa shape index (κ3) is 8.40. The number of sulfone groups is 1. The van der Waals surface area contributed by atoms with Gasteiger partial charge in [0.2, 0.25) is 0 Å². The van der Waals surface area contributed by atoms with Crippen LogP contribution in [0.3, 0.4) is 0 Å². The van der Waals surface area contributed by atoms with Gasteiger partial charge in [0.15, 0.2) is 15.8 Å². The van der Waals surface area contributed by atoms with Crippen molar-refractivity contribution in [2.24, 2.45) is 4.99 Å². The second kappa shape index (κ2) is 11.0. The van der Waals surface area contributed by atoms with Crippen molar-refractivity contribution in [3.05, 3.63) is 29.8 Å². The van der Waals surface area contributed by atoms with Crippen molar-refractivity contribution in [1.29, 1.82) is 0 Å². The van der Waals surface area contributed by atoms with Crippen molar-refractivity contribution in [2.45, 2.75) is 50.8 Å². The SMILES string of the molecule is CCCCNC(=NC)NCCS(=O)(=O)c1ccc(C(C)(C)C)cc1.I. The Morgan fingerprint density at radius 3 is 2.12 bits per heavy atom. The zero-order chi connectivity index (χ0) is 18.2. The molecule has 0 bridgehead atoms. The van der Waals surface area contributed by atoms with E-state index in [1.165, 1.54) is 0 Å². The minimum atomic E-state index is -3.30. The highest BCUT2D eigenvalue weighted by molar-refractivity contribution is 14.0. The number of hydrogen-bond acceptors (Lipinski definition) is 3. The van der Waals surface area contributed by atoms with Crippen LogP contribution in [0.1, 0.15) is 46.1 Å². The van der Waals surface area contributed by atoms with Crippen LogP contribution in [0.4, 0.5) is 0 Å². The third-order valence-electron chi connectivity index (χ3n) is 3.79. The molecule has 5 nitrogen and oxygen atoms in total. The van der Waals surface area contributed by atoms with E-state index < -0.39 is 9.84 Å². The zero-order valence-corrected chi connectivity index (χ0v) is 19.1. The third-order valence-corrected chi connectivity index (χ3v) is 5.52.